The van der Waals surface area contributed by atoms with Crippen molar-refractivity contribution in [3.8, 4) is 22.8 Å². The Kier molecular flexibility index (Phi) is 6.17. The van der Waals surface area contributed by atoms with Crippen LogP contribution in [0.15, 0.2) is 81.9 Å². The molecule has 1 heterocycles. The van der Waals surface area contributed by atoms with Gasteiger partial charge in [0.1, 0.15) is 0 Å². The maximum absolute atomic E-state index is 6.07. The van der Waals surface area contributed by atoms with E-state index in [0.29, 0.717) is 5.89 Å². The number of aliphatic imine (C=N–C) groups is 1. The van der Waals surface area contributed by atoms with Crippen molar-refractivity contribution >= 4 is 17.1 Å². The summed E-state index contributed by atoms with van der Waals surface area (Å²) in [6.45, 7) is 6.21. The summed E-state index contributed by atoms with van der Waals surface area (Å²) in [6, 6.07) is 14.3. The molecule has 0 bridgehead atoms. The van der Waals surface area contributed by atoms with Gasteiger partial charge in [-0.25, -0.2) is 4.98 Å². The van der Waals surface area contributed by atoms with E-state index in [2.05, 4.69) is 61.4 Å². The summed E-state index contributed by atoms with van der Waals surface area (Å²) in [5.41, 5.74) is 7.22. The van der Waals surface area contributed by atoms with E-state index in [-0.39, 0.29) is 0 Å². The minimum absolute atomic E-state index is 0.599. The van der Waals surface area contributed by atoms with E-state index in [0.717, 1.165) is 45.5 Å². The monoisotopic (exact) mass is 411 g/mol. The van der Waals surface area contributed by atoms with E-state index >= 15 is 0 Å². The molecule has 0 unspecified atom stereocenters. The number of oxazole rings is 1. The number of anilines is 1. The predicted molar refractivity (Wildman–Crippen MR) is 130 cm³/mol. The fourth-order valence-electron chi connectivity index (χ4n) is 3.40. The smallest absolute Gasteiger partial charge is 0.226 e. The summed E-state index contributed by atoms with van der Waals surface area (Å²) in [5.74, 6) is 2.10. The Morgan fingerprint density at radius 2 is 1.87 bits per heavy atom. The molecule has 1 N–H and O–H groups in total. The number of rotatable bonds is 7. The molecule has 31 heavy (non-hydrogen) atoms. The number of benzene rings is 2. The van der Waals surface area contributed by atoms with Crippen LogP contribution in [0.5, 0.6) is 0 Å². The zero-order chi connectivity index (χ0) is 21.8. The van der Waals surface area contributed by atoms with Crippen molar-refractivity contribution in [2.45, 2.75) is 33.6 Å². The molecule has 158 valence electrons. The molecule has 0 aliphatic heterocycles. The summed E-state index contributed by atoms with van der Waals surface area (Å²) in [5, 5.41) is 3.13. The van der Waals surface area contributed by atoms with Crippen molar-refractivity contribution in [1.82, 2.24) is 4.98 Å². The number of nitrogens with zero attached hydrogens (tertiary/aromatic N) is 2. The van der Waals surface area contributed by atoms with Gasteiger partial charge in [0.25, 0.3) is 0 Å². The number of hydrogen-bond donors (Lipinski definition) is 1. The van der Waals surface area contributed by atoms with Gasteiger partial charge in [-0.3, -0.25) is 4.99 Å². The Labute approximate surface area is 184 Å². The second-order valence-corrected chi connectivity index (χ2v) is 8.00. The van der Waals surface area contributed by atoms with Crippen molar-refractivity contribution in [2.75, 3.05) is 12.4 Å². The van der Waals surface area contributed by atoms with Gasteiger partial charge in [0, 0.05) is 29.6 Å². The first-order valence-electron chi connectivity index (χ1n) is 10.8. The van der Waals surface area contributed by atoms with Crippen molar-refractivity contribution in [3.63, 3.8) is 0 Å². The summed E-state index contributed by atoms with van der Waals surface area (Å²) in [7, 11) is 1.91. The standard InChI is InChI=1S/C27H29N3O/c1-5-21(11-9-20-7-8-20)19(3)30-25-16-23(10-6-18(25)2)27-29-17-26(31-27)22-12-14-24(28-4)15-13-22/h5-6,9-17,20,28H,7-8H2,1-4H3/b11-9-,21-5+,30-19?. The average molecular weight is 412 g/mol. The molecule has 1 saturated carbocycles. The highest BCUT2D eigenvalue weighted by Crippen LogP contribution is 2.32. The summed E-state index contributed by atoms with van der Waals surface area (Å²) < 4.78 is 6.07. The Morgan fingerprint density at radius 1 is 1.13 bits per heavy atom. The second-order valence-electron chi connectivity index (χ2n) is 8.00. The van der Waals surface area contributed by atoms with E-state index in [1.54, 1.807) is 6.20 Å². The number of aromatic nitrogens is 1. The molecule has 1 aliphatic rings. The van der Waals surface area contributed by atoms with Crippen molar-refractivity contribution in [2.24, 2.45) is 10.9 Å². The van der Waals surface area contributed by atoms with Gasteiger partial charge in [-0.15, -0.1) is 0 Å². The first-order chi connectivity index (χ1) is 15.1. The van der Waals surface area contributed by atoms with Gasteiger partial charge in [-0.1, -0.05) is 24.3 Å². The van der Waals surface area contributed by atoms with Crippen LogP contribution in [0.3, 0.4) is 0 Å². The molecule has 3 aromatic rings. The molecule has 1 aliphatic carbocycles. The highest BCUT2D eigenvalue weighted by atomic mass is 16.4. The molecule has 2 aromatic carbocycles. The lowest BCUT2D eigenvalue weighted by Gasteiger charge is -2.06. The van der Waals surface area contributed by atoms with Crippen LogP contribution in [0.25, 0.3) is 22.8 Å². The summed E-state index contributed by atoms with van der Waals surface area (Å²) in [4.78, 5) is 9.43. The molecular weight excluding hydrogens is 382 g/mol. The fourth-order valence-corrected chi connectivity index (χ4v) is 3.40. The Morgan fingerprint density at radius 3 is 2.55 bits per heavy atom. The Balaban J connectivity index is 1.59. The quantitative estimate of drug-likeness (QED) is 0.326. The fraction of sp³-hybridized carbons (Fsp3) is 0.259. The topological polar surface area (TPSA) is 50.4 Å². The third kappa shape index (κ3) is 5.02. The van der Waals surface area contributed by atoms with Gasteiger partial charge in [-0.2, -0.15) is 0 Å². The highest BCUT2D eigenvalue weighted by molar-refractivity contribution is 6.02. The third-order valence-corrected chi connectivity index (χ3v) is 5.61. The van der Waals surface area contributed by atoms with Crippen molar-refractivity contribution in [3.05, 3.63) is 78.0 Å². The molecule has 1 fully saturated rings. The van der Waals surface area contributed by atoms with Crippen LogP contribution in [-0.2, 0) is 0 Å². The molecule has 4 heteroatoms. The van der Waals surface area contributed by atoms with Crippen LogP contribution in [0.4, 0.5) is 11.4 Å². The second kappa shape index (κ2) is 9.17. The van der Waals surface area contributed by atoms with E-state index in [9.17, 15) is 0 Å². The van der Waals surface area contributed by atoms with Gasteiger partial charge >= 0.3 is 0 Å². The summed E-state index contributed by atoms with van der Waals surface area (Å²) >= 11 is 0. The maximum Gasteiger partial charge on any atom is 0.226 e. The van der Waals surface area contributed by atoms with Crippen molar-refractivity contribution < 1.29 is 4.42 Å². The molecule has 0 amide bonds. The van der Waals surface area contributed by atoms with Gasteiger partial charge < -0.3 is 9.73 Å². The molecule has 0 atom stereocenters. The van der Waals surface area contributed by atoms with E-state index in [1.807, 2.05) is 37.4 Å². The van der Waals surface area contributed by atoms with Gasteiger partial charge in [0.15, 0.2) is 5.76 Å². The lowest BCUT2D eigenvalue weighted by atomic mass is 10.1. The molecule has 1 aromatic heterocycles. The van der Waals surface area contributed by atoms with Gasteiger partial charge in [-0.05, 0) is 87.1 Å². The number of aryl methyl sites for hydroxylation is 1. The predicted octanol–water partition coefficient (Wildman–Crippen LogP) is 7.36. The maximum atomic E-state index is 6.07. The minimum Gasteiger partial charge on any atom is -0.436 e. The van der Waals surface area contributed by atoms with Crippen LogP contribution in [0.1, 0.15) is 32.3 Å². The Hall–Kier alpha value is -3.40. The van der Waals surface area contributed by atoms with Crippen LogP contribution in [0, 0.1) is 12.8 Å². The zero-order valence-corrected chi connectivity index (χ0v) is 18.6. The molecular formula is C27H29N3O. The summed E-state index contributed by atoms with van der Waals surface area (Å²) in [6.07, 6.45) is 11.0. The van der Waals surface area contributed by atoms with E-state index in [1.165, 1.54) is 18.4 Å². The average Bonchev–Trinajstić information content (AvgIpc) is 3.49. The lowest BCUT2D eigenvalue weighted by Crippen LogP contribution is -1.94. The zero-order valence-electron chi connectivity index (χ0n) is 18.6. The number of allylic oxidation sites excluding steroid dienone is 4. The van der Waals surface area contributed by atoms with Crippen LogP contribution < -0.4 is 5.32 Å². The third-order valence-electron chi connectivity index (χ3n) is 5.61. The molecule has 0 spiro atoms. The van der Waals surface area contributed by atoms with Crippen LogP contribution in [0.2, 0.25) is 0 Å². The molecule has 4 nitrogen and oxygen atoms in total. The molecule has 0 radical (unpaired) electrons. The van der Waals surface area contributed by atoms with Crippen LogP contribution >= 0.6 is 0 Å². The van der Waals surface area contributed by atoms with Gasteiger partial charge in [0.2, 0.25) is 5.89 Å². The number of hydrogen-bond acceptors (Lipinski definition) is 4. The van der Waals surface area contributed by atoms with E-state index < -0.39 is 0 Å². The Bertz CT molecular complexity index is 1150. The highest BCUT2D eigenvalue weighted by Gasteiger charge is 2.17. The first kappa shape index (κ1) is 20.9. The first-order valence-corrected chi connectivity index (χ1v) is 10.8. The van der Waals surface area contributed by atoms with E-state index in [4.69, 9.17) is 9.41 Å². The largest absolute Gasteiger partial charge is 0.436 e. The van der Waals surface area contributed by atoms with Gasteiger partial charge in [0.05, 0.1) is 11.9 Å². The SMILES string of the molecule is C/C=C(\C=C/C1CC1)C(C)=Nc1cc(-c2ncc(-c3ccc(NC)cc3)o2)ccc1C. The van der Waals surface area contributed by atoms with Crippen LogP contribution in [-0.4, -0.2) is 17.7 Å². The molecule has 4 rings (SSSR count). The molecule has 0 saturated heterocycles. The number of nitrogens with one attached hydrogen (secondary N) is 1. The normalized spacial score (nSPS) is 15.0. The lowest BCUT2D eigenvalue weighted by molar-refractivity contribution is 0.589. The minimum atomic E-state index is 0.599. The van der Waals surface area contributed by atoms with Crippen molar-refractivity contribution in [1.29, 1.82) is 0 Å².